The minimum absolute atomic E-state index is 0.0725. The number of aryl methyl sites for hydroxylation is 1. The van der Waals surface area contributed by atoms with Gasteiger partial charge in [0.05, 0.1) is 17.6 Å². The zero-order valence-corrected chi connectivity index (χ0v) is 21.4. The van der Waals surface area contributed by atoms with Crippen molar-refractivity contribution in [2.24, 2.45) is 0 Å². The number of nitrogens with one attached hydrogen (secondary N) is 3. The number of urea groups is 1. The van der Waals surface area contributed by atoms with Crippen molar-refractivity contribution in [3.63, 3.8) is 0 Å². The van der Waals surface area contributed by atoms with E-state index >= 15 is 0 Å². The first-order valence-electron chi connectivity index (χ1n) is 12.6. The van der Waals surface area contributed by atoms with E-state index in [1.54, 1.807) is 0 Å². The SMILES string of the molecule is Cc1cc(NC(=O)NCCN2CCC(NC(=O)Cc3ccc(N(C)C)cc3)CC2)c2ccccc2n1. The number of pyridine rings is 1. The third-order valence-corrected chi connectivity index (χ3v) is 6.58. The molecule has 0 radical (unpaired) electrons. The summed E-state index contributed by atoms with van der Waals surface area (Å²) in [6.45, 7) is 5.07. The molecule has 2 aromatic carbocycles. The van der Waals surface area contributed by atoms with E-state index in [2.05, 4.69) is 25.8 Å². The van der Waals surface area contributed by atoms with Crippen LogP contribution < -0.4 is 20.9 Å². The Bertz CT molecular complexity index is 1190. The van der Waals surface area contributed by atoms with Gasteiger partial charge in [-0.15, -0.1) is 0 Å². The van der Waals surface area contributed by atoms with Gasteiger partial charge in [0, 0.05) is 63.1 Å². The molecular weight excluding hydrogens is 452 g/mol. The number of likely N-dealkylation sites (tertiary alicyclic amines) is 1. The van der Waals surface area contributed by atoms with Crippen LogP contribution in [-0.4, -0.2) is 68.1 Å². The third kappa shape index (κ3) is 6.95. The number of amides is 3. The molecule has 1 fully saturated rings. The summed E-state index contributed by atoms with van der Waals surface area (Å²) in [4.78, 5) is 33.8. The lowest BCUT2D eigenvalue weighted by atomic mass is 10.0. The summed E-state index contributed by atoms with van der Waals surface area (Å²) in [5, 5.41) is 10.0. The molecule has 1 saturated heterocycles. The molecule has 0 spiro atoms. The van der Waals surface area contributed by atoms with Gasteiger partial charge in [-0.2, -0.15) is 0 Å². The Kier molecular flexibility index (Phi) is 8.38. The summed E-state index contributed by atoms with van der Waals surface area (Å²) >= 11 is 0. The van der Waals surface area contributed by atoms with Crippen LogP contribution in [0.5, 0.6) is 0 Å². The van der Waals surface area contributed by atoms with Crippen LogP contribution in [-0.2, 0) is 11.2 Å². The Morgan fingerprint density at radius 1 is 1.06 bits per heavy atom. The summed E-state index contributed by atoms with van der Waals surface area (Å²) in [5.41, 5.74) is 4.64. The smallest absolute Gasteiger partial charge is 0.319 e. The standard InChI is InChI=1S/C28H36N6O2/c1-20-18-26(24-6-4-5-7-25(24)30-20)32-28(36)29-14-17-34-15-12-22(13-16-34)31-27(35)19-21-8-10-23(11-9-21)33(2)3/h4-11,18,22H,12-17,19H2,1-3H3,(H,31,35)(H2,29,30,32,36). The van der Waals surface area contributed by atoms with Crippen molar-refractivity contribution in [3.8, 4) is 0 Å². The van der Waals surface area contributed by atoms with Crippen molar-refractivity contribution >= 4 is 34.2 Å². The van der Waals surface area contributed by atoms with Gasteiger partial charge in [0.1, 0.15) is 0 Å². The minimum atomic E-state index is -0.216. The number of aromatic nitrogens is 1. The molecule has 3 N–H and O–H groups in total. The van der Waals surface area contributed by atoms with Crippen molar-refractivity contribution in [2.45, 2.75) is 32.2 Å². The van der Waals surface area contributed by atoms with Crippen molar-refractivity contribution < 1.29 is 9.59 Å². The lowest BCUT2D eigenvalue weighted by Gasteiger charge is -2.32. The molecule has 8 heteroatoms. The van der Waals surface area contributed by atoms with Crippen LogP contribution in [0.3, 0.4) is 0 Å². The average Bonchev–Trinajstić information content (AvgIpc) is 2.85. The third-order valence-electron chi connectivity index (χ3n) is 6.58. The molecule has 1 aliphatic rings. The van der Waals surface area contributed by atoms with E-state index in [1.807, 2.05) is 80.5 Å². The first-order valence-corrected chi connectivity index (χ1v) is 12.6. The molecule has 3 amide bonds. The maximum atomic E-state index is 12.5. The summed E-state index contributed by atoms with van der Waals surface area (Å²) in [6, 6.07) is 17.8. The molecule has 4 rings (SSSR count). The molecular formula is C28H36N6O2. The molecule has 0 aliphatic carbocycles. The Morgan fingerprint density at radius 3 is 2.50 bits per heavy atom. The predicted molar refractivity (Wildman–Crippen MR) is 146 cm³/mol. The van der Waals surface area contributed by atoms with Crippen LogP contribution in [0.4, 0.5) is 16.2 Å². The second kappa shape index (κ2) is 11.9. The highest BCUT2D eigenvalue weighted by atomic mass is 16.2. The van der Waals surface area contributed by atoms with Gasteiger partial charge in [0.2, 0.25) is 5.91 Å². The number of carbonyl (C=O) groups is 2. The molecule has 1 aliphatic heterocycles. The fourth-order valence-electron chi connectivity index (χ4n) is 4.58. The quantitative estimate of drug-likeness (QED) is 0.451. The summed E-state index contributed by atoms with van der Waals surface area (Å²) < 4.78 is 0. The highest BCUT2D eigenvalue weighted by Crippen LogP contribution is 2.22. The van der Waals surface area contributed by atoms with Crippen LogP contribution >= 0.6 is 0 Å². The van der Waals surface area contributed by atoms with Gasteiger partial charge in [0.15, 0.2) is 0 Å². The fraction of sp³-hybridized carbons (Fsp3) is 0.393. The maximum Gasteiger partial charge on any atom is 0.319 e. The number of fused-ring (bicyclic) bond motifs is 1. The Labute approximate surface area is 213 Å². The van der Waals surface area contributed by atoms with Crippen LogP contribution in [0.15, 0.2) is 54.6 Å². The summed E-state index contributed by atoms with van der Waals surface area (Å²) in [5.74, 6) is 0.0725. The maximum absolute atomic E-state index is 12.5. The molecule has 36 heavy (non-hydrogen) atoms. The van der Waals surface area contributed by atoms with E-state index in [1.165, 1.54) is 0 Å². The fourth-order valence-corrected chi connectivity index (χ4v) is 4.58. The molecule has 3 aromatic rings. The molecule has 8 nitrogen and oxygen atoms in total. The lowest BCUT2D eigenvalue weighted by Crippen LogP contribution is -2.47. The topological polar surface area (TPSA) is 89.6 Å². The number of para-hydroxylation sites is 1. The first-order chi connectivity index (χ1) is 17.4. The monoisotopic (exact) mass is 488 g/mol. The van der Waals surface area contributed by atoms with Gasteiger partial charge in [-0.1, -0.05) is 30.3 Å². The number of benzene rings is 2. The number of nitrogens with zero attached hydrogens (tertiary/aromatic N) is 3. The molecule has 0 saturated carbocycles. The van der Waals surface area contributed by atoms with Gasteiger partial charge >= 0.3 is 6.03 Å². The highest BCUT2D eigenvalue weighted by molar-refractivity contribution is 6.00. The predicted octanol–water partition coefficient (Wildman–Crippen LogP) is 3.55. The van der Waals surface area contributed by atoms with Crippen LogP contribution in [0.1, 0.15) is 24.1 Å². The van der Waals surface area contributed by atoms with Crippen LogP contribution in [0.25, 0.3) is 10.9 Å². The van der Waals surface area contributed by atoms with Crippen LogP contribution in [0.2, 0.25) is 0 Å². The number of anilines is 2. The zero-order valence-electron chi connectivity index (χ0n) is 21.4. The number of rotatable bonds is 8. The average molecular weight is 489 g/mol. The number of hydrogen-bond acceptors (Lipinski definition) is 5. The van der Waals surface area contributed by atoms with E-state index < -0.39 is 0 Å². The zero-order chi connectivity index (χ0) is 25.5. The van der Waals surface area contributed by atoms with Crippen molar-refractivity contribution in [3.05, 3.63) is 65.9 Å². The summed E-state index contributed by atoms with van der Waals surface area (Å²) in [7, 11) is 4.01. The normalized spacial score (nSPS) is 14.4. The molecule has 0 atom stereocenters. The van der Waals surface area contributed by atoms with Gasteiger partial charge in [0.25, 0.3) is 0 Å². The Hall–Kier alpha value is -3.65. The number of hydrogen-bond donors (Lipinski definition) is 3. The molecule has 190 valence electrons. The molecule has 0 bridgehead atoms. The van der Waals surface area contributed by atoms with E-state index in [0.29, 0.717) is 13.0 Å². The molecule has 2 heterocycles. The first kappa shape index (κ1) is 25.4. The summed E-state index contributed by atoms with van der Waals surface area (Å²) in [6.07, 6.45) is 2.23. The van der Waals surface area contributed by atoms with Crippen LogP contribution in [0, 0.1) is 6.92 Å². The second-order valence-corrected chi connectivity index (χ2v) is 9.63. The Morgan fingerprint density at radius 2 is 1.78 bits per heavy atom. The Balaban J connectivity index is 1.15. The van der Waals surface area contributed by atoms with E-state index in [4.69, 9.17) is 0 Å². The van der Waals surface area contributed by atoms with Gasteiger partial charge in [-0.25, -0.2) is 4.79 Å². The van der Waals surface area contributed by atoms with Crippen molar-refractivity contribution in [2.75, 3.05) is 50.5 Å². The van der Waals surface area contributed by atoms with Crippen molar-refractivity contribution in [1.82, 2.24) is 20.5 Å². The van der Waals surface area contributed by atoms with Crippen molar-refractivity contribution in [1.29, 1.82) is 0 Å². The van der Waals surface area contributed by atoms with E-state index in [0.717, 1.165) is 66.0 Å². The number of carbonyl (C=O) groups excluding carboxylic acids is 2. The van der Waals surface area contributed by atoms with Gasteiger partial charge in [-0.05, 0) is 49.6 Å². The minimum Gasteiger partial charge on any atom is -0.378 e. The van der Waals surface area contributed by atoms with E-state index in [9.17, 15) is 9.59 Å². The molecule has 0 unspecified atom stereocenters. The largest absolute Gasteiger partial charge is 0.378 e. The second-order valence-electron chi connectivity index (χ2n) is 9.63. The molecule has 1 aromatic heterocycles. The van der Waals surface area contributed by atoms with E-state index in [-0.39, 0.29) is 18.0 Å². The van der Waals surface area contributed by atoms with Gasteiger partial charge in [-0.3, -0.25) is 9.78 Å². The lowest BCUT2D eigenvalue weighted by molar-refractivity contribution is -0.121. The van der Waals surface area contributed by atoms with Gasteiger partial charge < -0.3 is 25.8 Å². The number of piperidine rings is 1. The highest BCUT2D eigenvalue weighted by Gasteiger charge is 2.20.